The molecule has 8 heteroatoms. The van der Waals surface area contributed by atoms with Gasteiger partial charge in [-0.2, -0.15) is 0 Å². The maximum atomic E-state index is 11.9. The van der Waals surface area contributed by atoms with E-state index < -0.39 is 8.80 Å². The van der Waals surface area contributed by atoms with Crippen molar-refractivity contribution >= 4 is 20.8 Å². The Bertz CT molecular complexity index is 691. The monoisotopic (exact) mass is 496 g/mol. The van der Waals surface area contributed by atoms with Gasteiger partial charge in [-0.15, -0.1) is 0 Å². The summed E-state index contributed by atoms with van der Waals surface area (Å²) >= 11 is 0. The summed E-state index contributed by atoms with van der Waals surface area (Å²) in [5, 5.41) is 0. The third-order valence-electron chi connectivity index (χ3n) is 5.28. The summed E-state index contributed by atoms with van der Waals surface area (Å²) < 4.78 is 33.5. The van der Waals surface area contributed by atoms with Crippen LogP contribution in [0.3, 0.4) is 0 Å². The molecule has 0 N–H and O–H groups in total. The highest BCUT2D eigenvalue weighted by atomic mass is 28.4. The number of esters is 1. The average molecular weight is 497 g/mol. The molecule has 1 aromatic rings. The minimum Gasteiger partial charge on any atom is -0.493 e. The minimum atomic E-state index is -2.50. The van der Waals surface area contributed by atoms with E-state index in [2.05, 4.69) is 0 Å². The Hall–Kier alpha value is -1.87. The molecule has 34 heavy (non-hydrogen) atoms. The molecule has 0 radical (unpaired) electrons. The van der Waals surface area contributed by atoms with Crippen LogP contribution in [0.2, 0.25) is 6.04 Å². The smallest absolute Gasteiger partial charge is 0.493 e. The Kier molecular flexibility index (Phi) is 16.4. The summed E-state index contributed by atoms with van der Waals surface area (Å²) in [6.07, 6.45) is 10.8. The van der Waals surface area contributed by atoms with Crippen molar-refractivity contribution in [1.29, 1.82) is 0 Å². The lowest BCUT2D eigenvalue weighted by molar-refractivity contribution is -0.137. The van der Waals surface area contributed by atoms with Crippen LogP contribution in [-0.2, 0) is 22.8 Å². The lowest BCUT2D eigenvalue weighted by Crippen LogP contribution is -2.45. The number of carbonyl (C=O) groups excluding carboxylic acids is 1. The standard InChI is InChI=1S/C26H44O7Si/c1-6-31-34(32-7-2,33-8-3)21-15-13-11-9-10-12-14-20-30-26(27)19-17-23-16-18-24(28-4)25(22-23)29-5/h16-19,22H,6-15,20-21H2,1-5H3/b19-17+. The number of benzene rings is 1. The summed E-state index contributed by atoms with van der Waals surface area (Å²) in [5.74, 6) is 0.941. The summed E-state index contributed by atoms with van der Waals surface area (Å²) in [6.45, 7) is 8.30. The van der Waals surface area contributed by atoms with Gasteiger partial charge in [-0.3, -0.25) is 0 Å². The van der Waals surface area contributed by atoms with E-state index in [0.717, 1.165) is 43.7 Å². The fraction of sp³-hybridized carbons (Fsp3) is 0.654. The third kappa shape index (κ3) is 12.0. The molecule has 0 bridgehead atoms. The minimum absolute atomic E-state index is 0.333. The van der Waals surface area contributed by atoms with Crippen LogP contribution in [0.5, 0.6) is 11.5 Å². The first kappa shape index (κ1) is 30.2. The highest BCUT2D eigenvalue weighted by molar-refractivity contribution is 6.60. The topological polar surface area (TPSA) is 72.5 Å². The second-order valence-electron chi connectivity index (χ2n) is 7.82. The van der Waals surface area contributed by atoms with Crippen molar-refractivity contribution in [2.75, 3.05) is 40.6 Å². The molecule has 194 valence electrons. The number of hydrogen-bond acceptors (Lipinski definition) is 7. The fourth-order valence-electron chi connectivity index (χ4n) is 3.67. The van der Waals surface area contributed by atoms with E-state index in [9.17, 15) is 4.79 Å². The number of rotatable bonds is 20. The zero-order valence-electron chi connectivity index (χ0n) is 21.7. The maximum Gasteiger partial charge on any atom is 0.500 e. The van der Waals surface area contributed by atoms with E-state index in [4.69, 9.17) is 27.5 Å². The SMILES string of the molecule is CCO[Si](CCCCCCCCCOC(=O)/C=C/c1ccc(OC)c(OC)c1)(OCC)OCC. The predicted octanol–water partition coefficient (Wildman–Crippen LogP) is 6.04. The first-order valence-electron chi connectivity index (χ1n) is 12.5. The molecular weight excluding hydrogens is 452 g/mol. The summed E-state index contributed by atoms with van der Waals surface area (Å²) in [5.41, 5.74) is 0.846. The van der Waals surface area contributed by atoms with Gasteiger partial charge in [0.15, 0.2) is 11.5 Å². The van der Waals surface area contributed by atoms with Crippen molar-refractivity contribution in [3.8, 4) is 11.5 Å². The van der Waals surface area contributed by atoms with Gasteiger partial charge < -0.3 is 27.5 Å². The maximum absolute atomic E-state index is 11.9. The van der Waals surface area contributed by atoms with E-state index in [-0.39, 0.29) is 5.97 Å². The van der Waals surface area contributed by atoms with Crippen LogP contribution in [0, 0.1) is 0 Å². The molecule has 0 aliphatic heterocycles. The summed E-state index contributed by atoms with van der Waals surface area (Å²) in [6, 6.07) is 6.36. The molecule has 0 unspecified atom stereocenters. The van der Waals surface area contributed by atoms with Crippen LogP contribution in [0.4, 0.5) is 0 Å². The van der Waals surface area contributed by atoms with Gasteiger partial charge in [0.2, 0.25) is 0 Å². The number of hydrogen-bond donors (Lipinski definition) is 0. The van der Waals surface area contributed by atoms with Gasteiger partial charge >= 0.3 is 14.8 Å². The Morgan fingerprint density at radius 2 is 1.35 bits per heavy atom. The molecule has 0 amide bonds. The Balaban J connectivity index is 2.15. The molecule has 7 nitrogen and oxygen atoms in total. The first-order chi connectivity index (χ1) is 16.5. The van der Waals surface area contributed by atoms with Gasteiger partial charge in [0, 0.05) is 31.9 Å². The van der Waals surface area contributed by atoms with E-state index >= 15 is 0 Å². The van der Waals surface area contributed by atoms with Gasteiger partial charge in [0.1, 0.15) is 0 Å². The van der Waals surface area contributed by atoms with Gasteiger partial charge in [0.05, 0.1) is 20.8 Å². The largest absolute Gasteiger partial charge is 0.500 e. The van der Waals surface area contributed by atoms with E-state index in [1.165, 1.54) is 18.9 Å². The van der Waals surface area contributed by atoms with Crippen LogP contribution in [-0.4, -0.2) is 55.4 Å². The molecule has 0 spiro atoms. The summed E-state index contributed by atoms with van der Waals surface area (Å²) in [4.78, 5) is 11.9. The molecule has 0 aliphatic rings. The zero-order chi connectivity index (χ0) is 25.1. The van der Waals surface area contributed by atoms with Crippen LogP contribution in [0.15, 0.2) is 24.3 Å². The normalized spacial score (nSPS) is 11.7. The predicted molar refractivity (Wildman–Crippen MR) is 137 cm³/mol. The fourth-order valence-corrected chi connectivity index (χ4v) is 6.36. The number of unbranched alkanes of at least 4 members (excludes halogenated alkanes) is 6. The molecule has 0 saturated heterocycles. The molecule has 0 saturated carbocycles. The Morgan fingerprint density at radius 3 is 1.91 bits per heavy atom. The van der Waals surface area contributed by atoms with Crippen LogP contribution in [0.25, 0.3) is 6.08 Å². The van der Waals surface area contributed by atoms with Crippen molar-refractivity contribution in [2.24, 2.45) is 0 Å². The third-order valence-corrected chi connectivity index (χ3v) is 8.44. The highest BCUT2D eigenvalue weighted by Crippen LogP contribution is 2.28. The second kappa shape index (κ2) is 18.5. The summed E-state index contributed by atoms with van der Waals surface area (Å²) in [7, 11) is 0.676. The lowest BCUT2D eigenvalue weighted by atomic mass is 10.1. The zero-order valence-corrected chi connectivity index (χ0v) is 22.7. The van der Waals surface area contributed by atoms with E-state index in [0.29, 0.717) is 37.9 Å². The molecule has 0 heterocycles. The highest BCUT2D eigenvalue weighted by Gasteiger charge is 2.39. The lowest BCUT2D eigenvalue weighted by Gasteiger charge is -2.28. The van der Waals surface area contributed by atoms with Gasteiger partial charge in [-0.05, 0) is 57.4 Å². The van der Waals surface area contributed by atoms with E-state index in [1.54, 1.807) is 26.4 Å². The number of methoxy groups -OCH3 is 2. The van der Waals surface area contributed by atoms with Gasteiger partial charge in [0.25, 0.3) is 0 Å². The van der Waals surface area contributed by atoms with Crippen LogP contribution >= 0.6 is 0 Å². The molecule has 0 fully saturated rings. The van der Waals surface area contributed by atoms with Crippen molar-refractivity contribution in [2.45, 2.75) is 71.8 Å². The molecule has 0 aliphatic carbocycles. The molecular formula is C26H44O7Si. The van der Waals surface area contributed by atoms with Crippen molar-refractivity contribution in [3.05, 3.63) is 29.8 Å². The van der Waals surface area contributed by atoms with Gasteiger partial charge in [-0.25, -0.2) is 4.79 Å². The van der Waals surface area contributed by atoms with E-state index in [1.807, 2.05) is 32.9 Å². The number of ether oxygens (including phenoxy) is 3. The molecule has 1 rings (SSSR count). The first-order valence-corrected chi connectivity index (χ1v) is 14.5. The van der Waals surface area contributed by atoms with Gasteiger partial charge in [-0.1, -0.05) is 38.2 Å². The van der Waals surface area contributed by atoms with Crippen LogP contribution < -0.4 is 9.47 Å². The average Bonchev–Trinajstić information content (AvgIpc) is 2.84. The Morgan fingerprint density at radius 1 is 0.794 bits per heavy atom. The van der Waals surface area contributed by atoms with Crippen molar-refractivity contribution in [1.82, 2.24) is 0 Å². The van der Waals surface area contributed by atoms with Crippen molar-refractivity contribution < 1.29 is 32.3 Å². The second-order valence-corrected chi connectivity index (χ2v) is 10.6. The molecule has 1 aromatic carbocycles. The Labute approximate surface area is 207 Å². The molecule has 0 aromatic heterocycles. The quantitative estimate of drug-likeness (QED) is 0.0943. The van der Waals surface area contributed by atoms with Crippen molar-refractivity contribution in [3.63, 3.8) is 0 Å². The van der Waals surface area contributed by atoms with Crippen LogP contribution in [0.1, 0.15) is 71.3 Å². The number of carbonyl (C=O) groups is 1. The molecule has 0 atom stereocenters.